The van der Waals surface area contributed by atoms with Gasteiger partial charge in [0, 0.05) is 42.6 Å². The summed E-state index contributed by atoms with van der Waals surface area (Å²) >= 11 is 0. The smallest absolute Gasteiger partial charge is 0.306 e. The molecule has 1 saturated heterocycles. The summed E-state index contributed by atoms with van der Waals surface area (Å²) in [5, 5.41) is 22.5. The van der Waals surface area contributed by atoms with Crippen LogP contribution in [-0.4, -0.2) is 81.1 Å². The maximum absolute atomic E-state index is 11.2. The van der Waals surface area contributed by atoms with Crippen LogP contribution < -0.4 is 5.32 Å². The first-order valence-electron chi connectivity index (χ1n) is 9.43. The van der Waals surface area contributed by atoms with Crippen LogP contribution in [0.5, 0.6) is 0 Å². The molecule has 1 rings (SSSR count). The third-order valence-electron chi connectivity index (χ3n) is 4.95. The second-order valence-corrected chi connectivity index (χ2v) is 6.93. The maximum atomic E-state index is 11.2. The molecule has 1 aliphatic rings. The molecule has 0 aliphatic carbocycles. The fraction of sp³-hybridized carbons (Fsp3) is 0.944. The molecule has 0 saturated carbocycles. The fourth-order valence-electron chi connectivity index (χ4n) is 3.73. The molecule has 0 aromatic heterocycles. The zero-order valence-corrected chi connectivity index (χ0v) is 18.5. The molecule has 7 heteroatoms. The molecule has 6 nitrogen and oxygen atoms in total. The van der Waals surface area contributed by atoms with E-state index in [0.717, 1.165) is 25.8 Å². The molecule has 0 bridgehead atoms. The Hall–Kier alpha value is 0.310. The predicted molar refractivity (Wildman–Crippen MR) is 103 cm³/mol. The average Bonchev–Trinajstić information content (AvgIpc) is 2.88. The van der Waals surface area contributed by atoms with Gasteiger partial charge in [-0.2, -0.15) is 0 Å². The van der Waals surface area contributed by atoms with Crippen LogP contribution in [-0.2, 0) is 4.79 Å². The van der Waals surface area contributed by atoms with Crippen molar-refractivity contribution in [1.82, 2.24) is 10.2 Å². The van der Waals surface area contributed by atoms with Gasteiger partial charge < -0.3 is 15.7 Å². The van der Waals surface area contributed by atoms with Crippen LogP contribution in [0.2, 0.25) is 0 Å². The zero-order valence-electron chi connectivity index (χ0n) is 16.5. The zero-order chi connectivity index (χ0) is 17.1. The van der Waals surface area contributed by atoms with Crippen LogP contribution in [0.1, 0.15) is 84.5 Å². The number of aliphatic carboxylic acids is 1. The van der Waals surface area contributed by atoms with Gasteiger partial charge in [0.2, 0.25) is 0 Å². The molecule has 1 aliphatic heterocycles. The summed E-state index contributed by atoms with van der Waals surface area (Å²) in [6.07, 6.45) is 11.5. The van der Waals surface area contributed by atoms with Gasteiger partial charge in [-0.15, -0.1) is 0 Å². The first kappa shape index (κ1) is 27.5. The third-order valence-corrected chi connectivity index (χ3v) is 4.95. The first-order chi connectivity index (χ1) is 11.0. The Bertz CT molecular complexity index is 345. The summed E-state index contributed by atoms with van der Waals surface area (Å²) in [5.74, 6) is -0.805. The maximum Gasteiger partial charge on any atom is 0.306 e. The van der Waals surface area contributed by atoms with Crippen molar-refractivity contribution < 1.29 is 20.5 Å². The summed E-state index contributed by atoms with van der Waals surface area (Å²) in [6, 6.07) is 0. The number of nitrogens with zero attached hydrogens (tertiary/aromatic N) is 1. The number of carboxylic acids is 1. The SMILES string of the molecule is CCCCCCCCCCCC1(CC(=O)O)NCCN1C(C)O.O.[Na]. The summed E-state index contributed by atoms with van der Waals surface area (Å²) in [7, 11) is 0. The van der Waals surface area contributed by atoms with Gasteiger partial charge in [0.15, 0.2) is 0 Å². The standard InChI is InChI=1S/C18H36N2O3.Na.H2O/c1-3-4-5-6-7-8-9-10-11-12-18(15-17(22)23)19-13-14-20(18)16(2)21;;/h16,19,21H,3-15H2,1-2H3,(H,22,23);;1H2. The Kier molecular flexibility index (Phi) is 16.9. The summed E-state index contributed by atoms with van der Waals surface area (Å²) in [4.78, 5) is 13.1. The molecule has 2 atom stereocenters. The molecule has 1 heterocycles. The van der Waals surface area contributed by atoms with Gasteiger partial charge in [-0.3, -0.25) is 15.0 Å². The van der Waals surface area contributed by atoms with Crippen LogP contribution in [0.15, 0.2) is 0 Å². The van der Waals surface area contributed by atoms with E-state index in [4.69, 9.17) is 0 Å². The Morgan fingerprint density at radius 2 is 1.64 bits per heavy atom. The van der Waals surface area contributed by atoms with Crippen LogP contribution >= 0.6 is 0 Å². The number of rotatable bonds is 13. The number of hydrogen-bond acceptors (Lipinski definition) is 4. The molecule has 0 aromatic rings. The Morgan fingerprint density at radius 3 is 2.12 bits per heavy atom. The van der Waals surface area contributed by atoms with Gasteiger partial charge in [-0.05, 0) is 13.3 Å². The summed E-state index contributed by atoms with van der Waals surface area (Å²) in [5.41, 5.74) is -0.568. The fourth-order valence-corrected chi connectivity index (χ4v) is 3.73. The number of hydrogen-bond donors (Lipinski definition) is 3. The van der Waals surface area contributed by atoms with Crippen molar-refractivity contribution in [2.24, 2.45) is 0 Å². The number of nitrogens with one attached hydrogen (secondary N) is 1. The minimum Gasteiger partial charge on any atom is -0.481 e. The van der Waals surface area contributed by atoms with Crippen molar-refractivity contribution in [3.05, 3.63) is 0 Å². The molecule has 1 fully saturated rings. The van der Waals surface area contributed by atoms with Crippen molar-refractivity contribution in [1.29, 1.82) is 0 Å². The van der Waals surface area contributed by atoms with Gasteiger partial charge in [0.05, 0.1) is 12.1 Å². The van der Waals surface area contributed by atoms with E-state index in [1.807, 2.05) is 4.90 Å². The van der Waals surface area contributed by atoms with E-state index in [9.17, 15) is 15.0 Å². The minimum absolute atomic E-state index is 0. The molecule has 5 N–H and O–H groups in total. The Morgan fingerprint density at radius 1 is 1.12 bits per heavy atom. The average molecular weight is 370 g/mol. The third kappa shape index (κ3) is 10.3. The molecule has 25 heavy (non-hydrogen) atoms. The minimum atomic E-state index is -0.805. The normalized spacial score (nSPS) is 21.4. The molecule has 2 unspecified atom stereocenters. The van der Waals surface area contributed by atoms with Gasteiger partial charge in [0.25, 0.3) is 0 Å². The first-order valence-corrected chi connectivity index (χ1v) is 9.43. The second kappa shape index (κ2) is 15.4. The van der Waals surface area contributed by atoms with Crippen LogP contribution in [0.4, 0.5) is 0 Å². The van der Waals surface area contributed by atoms with E-state index in [0.29, 0.717) is 6.54 Å². The Balaban J connectivity index is 0. The van der Waals surface area contributed by atoms with Gasteiger partial charge in [-0.25, -0.2) is 0 Å². The molecule has 1 radical (unpaired) electrons. The van der Waals surface area contributed by atoms with Crippen LogP contribution in [0.25, 0.3) is 0 Å². The largest absolute Gasteiger partial charge is 0.481 e. The number of carboxylic acid groups (broad SMARTS) is 1. The van der Waals surface area contributed by atoms with Crippen LogP contribution in [0, 0.1) is 0 Å². The summed E-state index contributed by atoms with van der Waals surface area (Å²) in [6.45, 7) is 5.42. The summed E-state index contributed by atoms with van der Waals surface area (Å²) < 4.78 is 0. The van der Waals surface area contributed by atoms with Gasteiger partial charge >= 0.3 is 5.97 Å². The van der Waals surface area contributed by atoms with Crippen molar-refractivity contribution in [3.8, 4) is 0 Å². The van der Waals surface area contributed by atoms with Crippen molar-refractivity contribution in [2.45, 2.75) is 96.4 Å². The Labute approximate surface area is 175 Å². The van der Waals surface area contributed by atoms with Crippen molar-refractivity contribution in [2.75, 3.05) is 13.1 Å². The second-order valence-electron chi connectivity index (χ2n) is 6.93. The van der Waals surface area contributed by atoms with Gasteiger partial charge in [0.1, 0.15) is 6.23 Å². The molecular formula is C18H38N2NaO4. The van der Waals surface area contributed by atoms with E-state index >= 15 is 0 Å². The molecule has 0 spiro atoms. The molecular weight excluding hydrogens is 331 g/mol. The number of aliphatic hydroxyl groups excluding tert-OH is 1. The van der Waals surface area contributed by atoms with E-state index in [1.165, 1.54) is 44.9 Å². The van der Waals surface area contributed by atoms with E-state index in [2.05, 4.69) is 12.2 Å². The van der Waals surface area contributed by atoms with Crippen molar-refractivity contribution in [3.63, 3.8) is 0 Å². The van der Waals surface area contributed by atoms with E-state index < -0.39 is 17.9 Å². The van der Waals surface area contributed by atoms with Crippen molar-refractivity contribution >= 4 is 35.5 Å². The number of carbonyl (C=O) groups is 1. The monoisotopic (exact) mass is 369 g/mol. The number of unbranched alkanes of at least 4 members (excludes halogenated alkanes) is 8. The predicted octanol–water partition coefficient (Wildman–Crippen LogP) is 2.12. The quantitative estimate of drug-likeness (QED) is 0.341. The van der Waals surface area contributed by atoms with Crippen LogP contribution in [0.3, 0.4) is 0 Å². The van der Waals surface area contributed by atoms with E-state index in [-0.39, 0.29) is 41.5 Å². The number of aliphatic hydroxyl groups is 1. The topological polar surface area (TPSA) is 104 Å². The molecule has 0 aromatic carbocycles. The molecule has 145 valence electrons. The van der Waals surface area contributed by atoms with Gasteiger partial charge in [-0.1, -0.05) is 64.7 Å². The molecule has 0 amide bonds. The van der Waals surface area contributed by atoms with E-state index in [1.54, 1.807) is 6.92 Å².